The molecule has 108 valence electrons. The van der Waals surface area contributed by atoms with Crippen LogP contribution >= 0.6 is 0 Å². The third-order valence-corrected chi connectivity index (χ3v) is 4.61. The summed E-state index contributed by atoms with van der Waals surface area (Å²) in [6.45, 7) is 4.79. The Morgan fingerprint density at radius 3 is 2.53 bits per heavy atom. The Bertz CT molecular complexity index is 449. The molecule has 0 aromatic heterocycles. The van der Waals surface area contributed by atoms with Crippen molar-refractivity contribution in [3.63, 3.8) is 0 Å². The van der Waals surface area contributed by atoms with Crippen LogP contribution in [0, 0.1) is 17.0 Å². The van der Waals surface area contributed by atoms with Gasteiger partial charge < -0.3 is 5.73 Å². The van der Waals surface area contributed by atoms with Crippen molar-refractivity contribution < 1.29 is 13.0 Å². The largest absolute Gasteiger partial charge is 0.330 e. The van der Waals surface area contributed by atoms with Crippen LogP contribution in [0.4, 0.5) is 8.78 Å². The summed E-state index contributed by atoms with van der Waals surface area (Å²) in [5.41, 5.74) is 5.71. The molecule has 0 heterocycles. The molecular formula is C14H21F2NOS. The number of halogens is 2. The van der Waals surface area contributed by atoms with Gasteiger partial charge >= 0.3 is 0 Å². The second kappa shape index (κ2) is 7.10. The third-order valence-electron chi connectivity index (χ3n) is 3.13. The highest BCUT2D eigenvalue weighted by Crippen LogP contribution is 2.22. The molecule has 1 unspecified atom stereocenters. The van der Waals surface area contributed by atoms with E-state index < -0.39 is 22.4 Å². The molecule has 1 aromatic rings. The van der Waals surface area contributed by atoms with Crippen molar-refractivity contribution in [2.45, 2.75) is 38.0 Å². The molecule has 0 bridgehead atoms. The zero-order valence-electron chi connectivity index (χ0n) is 11.4. The smallest absolute Gasteiger partial charge is 0.142 e. The van der Waals surface area contributed by atoms with Crippen molar-refractivity contribution in [1.82, 2.24) is 0 Å². The molecule has 0 aliphatic heterocycles. The van der Waals surface area contributed by atoms with Crippen molar-refractivity contribution >= 4 is 10.8 Å². The second-order valence-electron chi connectivity index (χ2n) is 5.45. The predicted molar refractivity (Wildman–Crippen MR) is 74.3 cm³/mol. The Morgan fingerprint density at radius 2 is 1.95 bits per heavy atom. The number of hydrogen-bond donors (Lipinski definition) is 1. The molecule has 0 radical (unpaired) electrons. The van der Waals surface area contributed by atoms with Crippen LogP contribution in [-0.2, 0) is 10.8 Å². The van der Waals surface area contributed by atoms with Gasteiger partial charge in [-0.05, 0) is 36.9 Å². The first-order chi connectivity index (χ1) is 8.85. The summed E-state index contributed by atoms with van der Waals surface area (Å²) in [6.07, 6.45) is 2.60. The van der Waals surface area contributed by atoms with Crippen molar-refractivity contribution in [3.05, 3.63) is 29.8 Å². The lowest BCUT2D eigenvalue weighted by atomic mass is 9.88. The fourth-order valence-electron chi connectivity index (χ4n) is 1.71. The van der Waals surface area contributed by atoms with E-state index in [0.717, 1.165) is 31.4 Å². The van der Waals surface area contributed by atoms with Crippen LogP contribution in [0.3, 0.4) is 0 Å². The van der Waals surface area contributed by atoms with Gasteiger partial charge in [-0.25, -0.2) is 8.78 Å². The number of hydrogen-bond acceptors (Lipinski definition) is 2. The lowest BCUT2D eigenvalue weighted by Crippen LogP contribution is -2.23. The fraction of sp³-hybridized carbons (Fsp3) is 0.571. The van der Waals surface area contributed by atoms with E-state index >= 15 is 0 Å². The lowest BCUT2D eigenvalue weighted by molar-refractivity contribution is 0.336. The van der Waals surface area contributed by atoms with E-state index in [1.54, 1.807) is 0 Å². The maximum Gasteiger partial charge on any atom is 0.142 e. The molecule has 0 aliphatic carbocycles. The molecule has 5 heteroatoms. The van der Waals surface area contributed by atoms with E-state index in [0.29, 0.717) is 12.3 Å². The summed E-state index contributed by atoms with van der Waals surface area (Å²) in [5.74, 6) is -0.994. The second-order valence-corrected chi connectivity index (χ2v) is 6.99. The molecule has 1 aromatic carbocycles. The average molecular weight is 289 g/mol. The first-order valence-electron chi connectivity index (χ1n) is 6.39. The molecule has 0 fully saturated rings. The van der Waals surface area contributed by atoms with E-state index in [9.17, 15) is 13.0 Å². The Balaban J connectivity index is 2.44. The highest BCUT2D eigenvalue weighted by atomic mass is 32.2. The van der Waals surface area contributed by atoms with Gasteiger partial charge in [0.2, 0.25) is 0 Å². The summed E-state index contributed by atoms with van der Waals surface area (Å²) >= 11 is 0. The Morgan fingerprint density at radius 1 is 1.26 bits per heavy atom. The number of nitrogens with two attached hydrogens (primary N) is 1. The van der Waals surface area contributed by atoms with Gasteiger partial charge in [0.05, 0.1) is 15.7 Å². The van der Waals surface area contributed by atoms with Crippen molar-refractivity contribution in [3.8, 4) is 0 Å². The standard InChI is InChI=1S/C14H21F2NOS/c1-14(2,10-17)7-3-4-8-19(18)13-6-5-11(15)9-12(13)16/h5-6,9H,3-4,7-8,10,17H2,1-2H3. The number of unbranched alkanes of at least 4 members (excludes halogenated alkanes) is 1. The molecule has 19 heavy (non-hydrogen) atoms. The molecule has 0 saturated heterocycles. The molecule has 0 saturated carbocycles. The zero-order chi connectivity index (χ0) is 14.5. The molecule has 1 rings (SSSR count). The van der Waals surface area contributed by atoms with Crippen molar-refractivity contribution in [2.75, 3.05) is 12.3 Å². The van der Waals surface area contributed by atoms with E-state index in [1.807, 2.05) is 0 Å². The molecule has 2 N–H and O–H groups in total. The molecule has 0 spiro atoms. The van der Waals surface area contributed by atoms with Gasteiger partial charge in [-0.1, -0.05) is 20.3 Å². The quantitative estimate of drug-likeness (QED) is 0.783. The van der Waals surface area contributed by atoms with Gasteiger partial charge in [0.15, 0.2) is 0 Å². The summed E-state index contributed by atoms with van der Waals surface area (Å²) in [6, 6.07) is 3.16. The summed E-state index contributed by atoms with van der Waals surface area (Å²) in [4.78, 5) is 0.0829. The topological polar surface area (TPSA) is 43.1 Å². The van der Waals surface area contributed by atoms with Crippen LogP contribution in [0.15, 0.2) is 23.1 Å². The van der Waals surface area contributed by atoms with Crippen molar-refractivity contribution in [2.24, 2.45) is 11.1 Å². The van der Waals surface area contributed by atoms with E-state index in [1.165, 1.54) is 6.07 Å². The van der Waals surface area contributed by atoms with E-state index in [4.69, 9.17) is 5.73 Å². The minimum atomic E-state index is -1.41. The lowest BCUT2D eigenvalue weighted by Gasteiger charge is -2.21. The van der Waals surface area contributed by atoms with Gasteiger partial charge in [0.1, 0.15) is 11.6 Å². The minimum Gasteiger partial charge on any atom is -0.330 e. The summed E-state index contributed by atoms with van der Waals surface area (Å²) in [5, 5.41) is 0. The Kier molecular flexibility index (Phi) is 6.07. The SMILES string of the molecule is CC(C)(CN)CCCCS(=O)c1ccc(F)cc1F. The van der Waals surface area contributed by atoms with Gasteiger partial charge in [0, 0.05) is 11.8 Å². The van der Waals surface area contributed by atoms with E-state index in [2.05, 4.69) is 13.8 Å². The zero-order valence-corrected chi connectivity index (χ0v) is 12.2. The third kappa shape index (κ3) is 5.37. The van der Waals surface area contributed by atoms with Crippen LogP contribution in [0.1, 0.15) is 33.1 Å². The van der Waals surface area contributed by atoms with Gasteiger partial charge in [0.25, 0.3) is 0 Å². The monoisotopic (exact) mass is 289 g/mol. The van der Waals surface area contributed by atoms with Crippen LogP contribution in [0.25, 0.3) is 0 Å². The number of rotatable bonds is 7. The van der Waals surface area contributed by atoms with Gasteiger partial charge in [-0.15, -0.1) is 0 Å². The minimum absolute atomic E-state index is 0.0829. The highest BCUT2D eigenvalue weighted by molar-refractivity contribution is 7.85. The molecule has 2 nitrogen and oxygen atoms in total. The first-order valence-corrected chi connectivity index (χ1v) is 7.71. The van der Waals surface area contributed by atoms with Crippen LogP contribution in [0.2, 0.25) is 0 Å². The summed E-state index contributed by atoms with van der Waals surface area (Å²) in [7, 11) is -1.41. The molecule has 0 amide bonds. The average Bonchev–Trinajstić information content (AvgIpc) is 2.34. The van der Waals surface area contributed by atoms with Crippen LogP contribution < -0.4 is 5.73 Å². The molecule has 0 aliphatic rings. The molecule has 1 atom stereocenters. The van der Waals surface area contributed by atoms with Crippen LogP contribution in [0.5, 0.6) is 0 Å². The first kappa shape index (κ1) is 16.2. The Hall–Kier alpha value is -0.810. The van der Waals surface area contributed by atoms with Gasteiger partial charge in [-0.2, -0.15) is 0 Å². The Labute approximate surface area is 115 Å². The maximum absolute atomic E-state index is 13.4. The molecular weight excluding hydrogens is 268 g/mol. The highest BCUT2D eigenvalue weighted by Gasteiger charge is 2.15. The van der Waals surface area contributed by atoms with Crippen LogP contribution in [-0.4, -0.2) is 16.5 Å². The van der Waals surface area contributed by atoms with Crippen molar-refractivity contribution in [1.29, 1.82) is 0 Å². The number of benzene rings is 1. The van der Waals surface area contributed by atoms with E-state index in [-0.39, 0.29) is 10.3 Å². The predicted octanol–water partition coefficient (Wildman–Crippen LogP) is 3.23. The fourth-order valence-corrected chi connectivity index (χ4v) is 2.89. The maximum atomic E-state index is 13.4. The normalized spacial score (nSPS) is 13.5. The van der Waals surface area contributed by atoms with Gasteiger partial charge in [-0.3, -0.25) is 4.21 Å². The summed E-state index contributed by atoms with van der Waals surface area (Å²) < 4.78 is 38.0.